The first-order chi connectivity index (χ1) is 8.61. The molecule has 0 radical (unpaired) electrons. The van der Waals surface area contributed by atoms with Crippen molar-refractivity contribution in [1.82, 2.24) is 10.6 Å². The number of halogens is 1. The minimum Gasteiger partial charge on any atom is -0.495 e. The molecule has 6 heteroatoms. The van der Waals surface area contributed by atoms with Gasteiger partial charge in [-0.25, -0.2) is 0 Å². The lowest BCUT2D eigenvalue weighted by atomic mass is 10.00. The molecule has 2 rings (SSSR count). The molecule has 18 heavy (non-hydrogen) atoms. The van der Waals surface area contributed by atoms with Gasteiger partial charge in [-0.05, 0) is 42.2 Å². The molecule has 0 saturated carbocycles. The summed E-state index contributed by atoms with van der Waals surface area (Å²) in [7, 11) is 1.60. The van der Waals surface area contributed by atoms with Crippen LogP contribution in [0.5, 0.6) is 5.75 Å². The topological polar surface area (TPSA) is 50.4 Å². The van der Waals surface area contributed by atoms with E-state index in [1.54, 1.807) is 13.2 Å². The molecule has 0 aromatic carbocycles. The van der Waals surface area contributed by atoms with Crippen molar-refractivity contribution in [2.45, 2.75) is 31.8 Å². The van der Waals surface area contributed by atoms with Gasteiger partial charge in [0.05, 0.1) is 12.0 Å². The van der Waals surface area contributed by atoms with Gasteiger partial charge in [0.15, 0.2) is 0 Å². The van der Waals surface area contributed by atoms with Crippen LogP contribution in [0.3, 0.4) is 0 Å². The summed E-state index contributed by atoms with van der Waals surface area (Å²) in [6.07, 6.45) is 2.14. The van der Waals surface area contributed by atoms with Crippen molar-refractivity contribution in [2.75, 3.05) is 13.7 Å². The summed E-state index contributed by atoms with van der Waals surface area (Å²) in [6.45, 7) is 3.14. The summed E-state index contributed by atoms with van der Waals surface area (Å²) in [6, 6.07) is 2.30. The van der Waals surface area contributed by atoms with Gasteiger partial charge in [-0.1, -0.05) is 0 Å². The quantitative estimate of drug-likeness (QED) is 0.893. The van der Waals surface area contributed by atoms with Crippen molar-refractivity contribution in [3.8, 4) is 5.75 Å². The molecule has 100 valence electrons. The Morgan fingerprint density at radius 3 is 3.06 bits per heavy atom. The molecule has 4 nitrogen and oxygen atoms in total. The third-order valence-corrected chi connectivity index (χ3v) is 4.96. The summed E-state index contributed by atoms with van der Waals surface area (Å²) in [4.78, 5) is 12.8. The average Bonchev–Trinajstić information content (AvgIpc) is 2.73. The normalized spacial score (nSPS) is 23.7. The highest BCUT2D eigenvalue weighted by Gasteiger charge is 2.24. The molecule has 1 aromatic heterocycles. The van der Waals surface area contributed by atoms with Gasteiger partial charge in [-0.15, -0.1) is 11.3 Å². The molecule has 1 aromatic rings. The van der Waals surface area contributed by atoms with Gasteiger partial charge >= 0.3 is 0 Å². The Morgan fingerprint density at radius 1 is 1.67 bits per heavy atom. The first-order valence-electron chi connectivity index (χ1n) is 5.99. The molecule has 1 saturated heterocycles. The van der Waals surface area contributed by atoms with Gasteiger partial charge in [-0.2, -0.15) is 0 Å². The van der Waals surface area contributed by atoms with Crippen LogP contribution in [0.4, 0.5) is 0 Å². The van der Waals surface area contributed by atoms with Gasteiger partial charge in [0.1, 0.15) is 9.54 Å². The van der Waals surface area contributed by atoms with Gasteiger partial charge < -0.3 is 15.4 Å². The molecule has 1 aliphatic rings. The Bertz CT molecular complexity index is 436. The number of carbonyl (C=O) groups excluding carboxylic acids is 1. The third kappa shape index (κ3) is 3.05. The highest BCUT2D eigenvalue weighted by Crippen LogP contribution is 2.34. The van der Waals surface area contributed by atoms with Gasteiger partial charge in [0.2, 0.25) is 0 Å². The molecule has 1 amide bonds. The van der Waals surface area contributed by atoms with Crippen molar-refractivity contribution in [3.63, 3.8) is 0 Å². The lowest BCUT2D eigenvalue weighted by Gasteiger charge is -2.30. The molecule has 0 spiro atoms. The molecular weight excluding hydrogens is 316 g/mol. The standard InChI is InChI=1S/C12H17BrN2O2S/c1-7-8(4-3-5-14-7)15-12(16)10-6-9(17-2)11(13)18-10/h6-8,14H,3-5H2,1-2H3,(H,15,16). The van der Waals surface area contributed by atoms with Crippen molar-refractivity contribution in [2.24, 2.45) is 0 Å². The first-order valence-corrected chi connectivity index (χ1v) is 7.60. The van der Waals surface area contributed by atoms with E-state index in [1.807, 2.05) is 0 Å². The Labute approximate surface area is 119 Å². The predicted octanol–water partition coefficient (Wildman–Crippen LogP) is 2.39. The van der Waals surface area contributed by atoms with Crippen LogP contribution < -0.4 is 15.4 Å². The molecule has 2 N–H and O–H groups in total. The molecular formula is C12H17BrN2O2S. The maximum absolute atomic E-state index is 12.1. The van der Waals surface area contributed by atoms with E-state index in [1.165, 1.54) is 11.3 Å². The molecule has 2 atom stereocenters. The second kappa shape index (κ2) is 6.04. The number of amides is 1. The van der Waals surface area contributed by atoms with E-state index in [0.717, 1.165) is 23.2 Å². The number of ether oxygens (including phenoxy) is 1. The van der Waals surface area contributed by atoms with Gasteiger partial charge in [-0.3, -0.25) is 4.79 Å². The Hall–Kier alpha value is -0.590. The number of hydrogen-bond donors (Lipinski definition) is 2. The fourth-order valence-corrected chi connectivity index (χ4v) is 3.64. The van der Waals surface area contributed by atoms with E-state index in [2.05, 4.69) is 33.5 Å². The van der Waals surface area contributed by atoms with Gasteiger partial charge in [0.25, 0.3) is 5.91 Å². The van der Waals surface area contributed by atoms with E-state index >= 15 is 0 Å². The van der Waals surface area contributed by atoms with Crippen molar-refractivity contribution in [3.05, 3.63) is 14.7 Å². The van der Waals surface area contributed by atoms with Crippen LogP contribution >= 0.6 is 27.3 Å². The van der Waals surface area contributed by atoms with E-state index in [0.29, 0.717) is 16.7 Å². The number of rotatable bonds is 3. The summed E-state index contributed by atoms with van der Waals surface area (Å²) in [5.41, 5.74) is 0. The summed E-state index contributed by atoms with van der Waals surface area (Å²) in [5.74, 6) is 0.685. The van der Waals surface area contributed by atoms with Crippen LogP contribution in [0, 0.1) is 0 Å². The smallest absolute Gasteiger partial charge is 0.261 e. The molecule has 1 fully saturated rings. The summed E-state index contributed by atoms with van der Waals surface area (Å²) >= 11 is 4.78. The zero-order chi connectivity index (χ0) is 13.1. The Balaban J connectivity index is 2.02. The van der Waals surface area contributed by atoms with Crippen molar-refractivity contribution in [1.29, 1.82) is 0 Å². The SMILES string of the molecule is COc1cc(C(=O)NC2CCCNC2C)sc1Br. The van der Waals surface area contributed by atoms with Gasteiger partial charge in [0, 0.05) is 18.2 Å². The maximum atomic E-state index is 12.1. The highest BCUT2D eigenvalue weighted by molar-refractivity contribution is 9.11. The Kier molecular flexibility index (Phi) is 4.64. The molecule has 0 bridgehead atoms. The number of nitrogens with one attached hydrogen (secondary N) is 2. The van der Waals surface area contributed by atoms with Crippen molar-refractivity contribution < 1.29 is 9.53 Å². The summed E-state index contributed by atoms with van der Waals surface area (Å²) in [5, 5.41) is 6.45. The van der Waals surface area contributed by atoms with E-state index in [4.69, 9.17) is 4.74 Å². The number of hydrogen-bond acceptors (Lipinski definition) is 4. The highest BCUT2D eigenvalue weighted by atomic mass is 79.9. The fourth-order valence-electron chi connectivity index (χ4n) is 2.08. The van der Waals surface area contributed by atoms with Crippen LogP contribution in [0.15, 0.2) is 9.85 Å². The molecule has 2 heterocycles. The van der Waals surface area contributed by atoms with Crippen LogP contribution in [-0.2, 0) is 0 Å². The monoisotopic (exact) mass is 332 g/mol. The zero-order valence-corrected chi connectivity index (χ0v) is 12.9. The lowest BCUT2D eigenvalue weighted by molar-refractivity contribution is 0.0924. The Morgan fingerprint density at radius 2 is 2.44 bits per heavy atom. The number of thiophene rings is 1. The van der Waals surface area contributed by atoms with Crippen LogP contribution in [0.2, 0.25) is 0 Å². The number of piperidine rings is 1. The molecule has 1 aliphatic heterocycles. The minimum atomic E-state index is -0.0236. The maximum Gasteiger partial charge on any atom is 0.261 e. The average molecular weight is 333 g/mol. The number of carbonyl (C=O) groups is 1. The zero-order valence-electron chi connectivity index (χ0n) is 10.5. The van der Waals surface area contributed by atoms with E-state index < -0.39 is 0 Å². The van der Waals surface area contributed by atoms with E-state index in [-0.39, 0.29) is 11.9 Å². The van der Waals surface area contributed by atoms with E-state index in [9.17, 15) is 4.79 Å². The van der Waals surface area contributed by atoms with Crippen molar-refractivity contribution >= 4 is 33.2 Å². The largest absolute Gasteiger partial charge is 0.495 e. The first kappa shape index (κ1) is 13.8. The second-order valence-corrected chi connectivity index (χ2v) is 6.79. The van der Waals surface area contributed by atoms with Crippen LogP contribution in [-0.4, -0.2) is 31.6 Å². The second-order valence-electron chi connectivity index (χ2n) is 4.42. The van der Waals surface area contributed by atoms with Crippen LogP contribution in [0.1, 0.15) is 29.4 Å². The minimum absolute atomic E-state index is 0.0236. The molecule has 0 aliphatic carbocycles. The molecule has 2 unspecified atom stereocenters. The lowest BCUT2D eigenvalue weighted by Crippen LogP contribution is -2.51. The predicted molar refractivity (Wildman–Crippen MR) is 76.5 cm³/mol. The third-order valence-electron chi connectivity index (χ3n) is 3.18. The number of methoxy groups -OCH3 is 1. The fraction of sp³-hybridized carbons (Fsp3) is 0.583. The summed E-state index contributed by atoms with van der Waals surface area (Å²) < 4.78 is 6.01. The van der Waals surface area contributed by atoms with Crippen LogP contribution in [0.25, 0.3) is 0 Å².